The molecule has 25 heavy (non-hydrogen) atoms. The van der Waals surface area contributed by atoms with E-state index in [2.05, 4.69) is 5.32 Å². The molecule has 1 aromatic heterocycles. The van der Waals surface area contributed by atoms with Gasteiger partial charge in [0.15, 0.2) is 9.84 Å². The molecule has 0 aliphatic heterocycles. The number of sulfone groups is 1. The summed E-state index contributed by atoms with van der Waals surface area (Å²) in [6.07, 6.45) is 3.93. The summed E-state index contributed by atoms with van der Waals surface area (Å²) in [5.41, 5.74) is 0.286. The molecule has 0 radical (unpaired) electrons. The number of carbonyl (C=O) groups is 1. The Morgan fingerprint density at radius 3 is 2.64 bits per heavy atom. The van der Waals surface area contributed by atoms with Crippen LogP contribution < -0.4 is 10.9 Å². The summed E-state index contributed by atoms with van der Waals surface area (Å²) in [4.78, 5) is 24.6. The molecule has 132 valence electrons. The van der Waals surface area contributed by atoms with E-state index in [-0.39, 0.29) is 18.7 Å². The first-order valence-electron chi connectivity index (χ1n) is 7.35. The fourth-order valence-corrected chi connectivity index (χ4v) is 2.76. The number of carbonyl (C=O) groups excluding carboxylic acids is 1. The van der Waals surface area contributed by atoms with E-state index in [1.54, 1.807) is 30.5 Å². The molecule has 0 atom stereocenters. The van der Waals surface area contributed by atoms with E-state index < -0.39 is 21.3 Å². The van der Waals surface area contributed by atoms with Crippen LogP contribution >= 0.6 is 11.6 Å². The van der Waals surface area contributed by atoms with E-state index in [1.807, 2.05) is 6.07 Å². The van der Waals surface area contributed by atoms with E-state index in [0.717, 1.165) is 17.2 Å². The van der Waals surface area contributed by atoms with Crippen molar-refractivity contribution in [1.29, 1.82) is 0 Å². The standard InChI is InChI=1S/C17H17ClN2O4S/c1-25(23,24)11-5-9-19-16(21)14-7-4-10-20(17(14)22)12-13-6-2-3-8-15(13)18/h2-8,10-11H,9,12H2,1H3,(H,19,21)/b11-5+. The molecular formula is C17H17ClN2O4S. The number of halogens is 1. The zero-order chi connectivity index (χ0) is 18.4. The molecule has 0 spiro atoms. The van der Waals surface area contributed by atoms with Gasteiger partial charge in [0.1, 0.15) is 5.56 Å². The van der Waals surface area contributed by atoms with Crippen molar-refractivity contribution < 1.29 is 13.2 Å². The maximum atomic E-state index is 12.5. The van der Waals surface area contributed by atoms with Crippen LogP contribution in [0.3, 0.4) is 0 Å². The fourth-order valence-electron chi connectivity index (χ4n) is 2.11. The Balaban J connectivity index is 2.15. The Labute approximate surface area is 150 Å². The van der Waals surface area contributed by atoms with Crippen LogP contribution in [0.15, 0.2) is 58.9 Å². The van der Waals surface area contributed by atoms with Crippen molar-refractivity contribution in [3.63, 3.8) is 0 Å². The minimum atomic E-state index is -3.25. The highest BCUT2D eigenvalue weighted by atomic mass is 35.5. The third kappa shape index (κ3) is 5.58. The predicted octanol–water partition coefficient (Wildman–Crippen LogP) is 1.84. The van der Waals surface area contributed by atoms with Crippen LogP contribution in [0.1, 0.15) is 15.9 Å². The number of nitrogens with one attached hydrogen (secondary N) is 1. The Bertz CT molecular complexity index is 965. The number of hydrogen-bond acceptors (Lipinski definition) is 4. The molecule has 1 amide bonds. The van der Waals surface area contributed by atoms with Crippen LogP contribution in [-0.4, -0.2) is 31.7 Å². The highest BCUT2D eigenvalue weighted by Crippen LogP contribution is 2.15. The van der Waals surface area contributed by atoms with Gasteiger partial charge in [-0.3, -0.25) is 9.59 Å². The molecule has 1 N–H and O–H groups in total. The molecule has 1 heterocycles. The van der Waals surface area contributed by atoms with E-state index in [1.165, 1.54) is 16.7 Å². The molecule has 0 unspecified atom stereocenters. The van der Waals surface area contributed by atoms with E-state index >= 15 is 0 Å². The van der Waals surface area contributed by atoms with Crippen molar-refractivity contribution >= 4 is 27.3 Å². The molecule has 8 heteroatoms. The van der Waals surface area contributed by atoms with E-state index in [9.17, 15) is 18.0 Å². The SMILES string of the molecule is CS(=O)(=O)/C=C/CNC(=O)c1cccn(Cc2ccccc2Cl)c1=O. The van der Waals surface area contributed by atoms with Gasteiger partial charge in [-0.15, -0.1) is 0 Å². The monoisotopic (exact) mass is 380 g/mol. The van der Waals surface area contributed by atoms with Crippen LogP contribution in [0.5, 0.6) is 0 Å². The van der Waals surface area contributed by atoms with Crippen molar-refractivity contribution in [3.8, 4) is 0 Å². The van der Waals surface area contributed by atoms with Gasteiger partial charge in [0.25, 0.3) is 11.5 Å². The van der Waals surface area contributed by atoms with Crippen LogP contribution in [0.4, 0.5) is 0 Å². The normalized spacial score (nSPS) is 11.6. The second-order valence-corrected chi connectivity index (χ2v) is 7.70. The minimum Gasteiger partial charge on any atom is -0.348 e. The third-order valence-electron chi connectivity index (χ3n) is 3.29. The molecule has 1 aromatic carbocycles. The lowest BCUT2D eigenvalue weighted by Crippen LogP contribution is -2.33. The number of rotatable bonds is 6. The van der Waals surface area contributed by atoms with Crippen LogP contribution in [0.2, 0.25) is 5.02 Å². The predicted molar refractivity (Wildman–Crippen MR) is 97.6 cm³/mol. The van der Waals surface area contributed by atoms with Crippen molar-refractivity contribution in [2.45, 2.75) is 6.54 Å². The van der Waals surface area contributed by atoms with Crippen molar-refractivity contribution in [2.75, 3.05) is 12.8 Å². The first-order chi connectivity index (χ1) is 11.8. The summed E-state index contributed by atoms with van der Waals surface area (Å²) in [7, 11) is -3.25. The van der Waals surface area contributed by atoms with Crippen molar-refractivity contribution in [3.05, 3.63) is 80.6 Å². The quantitative estimate of drug-likeness (QED) is 0.828. The van der Waals surface area contributed by atoms with E-state index in [0.29, 0.717) is 5.02 Å². The summed E-state index contributed by atoms with van der Waals surface area (Å²) < 4.78 is 23.4. The molecule has 0 aliphatic rings. The average molecular weight is 381 g/mol. The zero-order valence-electron chi connectivity index (χ0n) is 13.5. The Hall–Kier alpha value is -2.38. The second kappa shape index (κ2) is 8.13. The number of nitrogens with zero attached hydrogens (tertiary/aromatic N) is 1. The third-order valence-corrected chi connectivity index (χ3v) is 4.34. The largest absolute Gasteiger partial charge is 0.348 e. The first kappa shape index (κ1) is 19.0. The fraction of sp³-hybridized carbons (Fsp3) is 0.176. The molecule has 0 bridgehead atoms. The number of pyridine rings is 1. The van der Waals surface area contributed by atoms with Gasteiger partial charge < -0.3 is 9.88 Å². The topological polar surface area (TPSA) is 85.2 Å². The molecule has 0 fully saturated rings. The van der Waals surface area contributed by atoms with Crippen LogP contribution in [-0.2, 0) is 16.4 Å². The van der Waals surface area contributed by atoms with Crippen molar-refractivity contribution in [2.24, 2.45) is 0 Å². The summed E-state index contributed by atoms with van der Waals surface area (Å²) in [5, 5.41) is 4.02. The molecule has 0 saturated carbocycles. The van der Waals surface area contributed by atoms with Crippen LogP contribution in [0.25, 0.3) is 0 Å². The molecule has 2 aromatic rings. The van der Waals surface area contributed by atoms with Gasteiger partial charge >= 0.3 is 0 Å². The number of hydrogen-bond donors (Lipinski definition) is 1. The van der Waals surface area contributed by atoms with Crippen LogP contribution in [0, 0.1) is 0 Å². The Morgan fingerprint density at radius 1 is 1.24 bits per heavy atom. The zero-order valence-corrected chi connectivity index (χ0v) is 15.0. The van der Waals surface area contributed by atoms with E-state index in [4.69, 9.17) is 11.6 Å². The molecule has 0 saturated heterocycles. The van der Waals surface area contributed by atoms with Gasteiger partial charge in [0.2, 0.25) is 0 Å². The second-order valence-electron chi connectivity index (χ2n) is 5.36. The number of aromatic nitrogens is 1. The minimum absolute atomic E-state index is 0.00471. The Morgan fingerprint density at radius 2 is 1.96 bits per heavy atom. The molecule has 2 rings (SSSR count). The van der Waals surface area contributed by atoms with Gasteiger partial charge in [-0.25, -0.2) is 8.42 Å². The average Bonchev–Trinajstić information content (AvgIpc) is 2.54. The summed E-state index contributed by atoms with van der Waals surface area (Å²) in [6.45, 7) is 0.248. The molecular weight excluding hydrogens is 364 g/mol. The maximum Gasteiger partial charge on any atom is 0.263 e. The number of amides is 1. The molecule has 0 aliphatic carbocycles. The lowest BCUT2D eigenvalue weighted by Gasteiger charge is -2.09. The lowest BCUT2D eigenvalue weighted by molar-refractivity contribution is 0.0956. The summed E-state index contributed by atoms with van der Waals surface area (Å²) in [5.74, 6) is -0.573. The highest BCUT2D eigenvalue weighted by molar-refractivity contribution is 7.93. The first-order valence-corrected chi connectivity index (χ1v) is 9.69. The van der Waals surface area contributed by atoms with Gasteiger partial charge in [0.05, 0.1) is 6.54 Å². The Kier molecular flexibility index (Phi) is 6.17. The highest BCUT2D eigenvalue weighted by Gasteiger charge is 2.12. The van der Waals surface area contributed by atoms with Gasteiger partial charge in [-0.2, -0.15) is 0 Å². The number of benzene rings is 1. The summed E-state index contributed by atoms with van der Waals surface area (Å²) in [6, 6.07) is 10.2. The van der Waals surface area contributed by atoms with Gasteiger partial charge in [-0.1, -0.05) is 35.9 Å². The van der Waals surface area contributed by atoms with Gasteiger partial charge in [0, 0.05) is 29.4 Å². The smallest absolute Gasteiger partial charge is 0.263 e. The van der Waals surface area contributed by atoms with Crippen molar-refractivity contribution in [1.82, 2.24) is 9.88 Å². The summed E-state index contributed by atoms with van der Waals surface area (Å²) >= 11 is 6.10. The van der Waals surface area contributed by atoms with Gasteiger partial charge in [-0.05, 0) is 23.8 Å². The lowest BCUT2D eigenvalue weighted by atomic mass is 10.2. The maximum absolute atomic E-state index is 12.5. The molecule has 6 nitrogen and oxygen atoms in total.